The van der Waals surface area contributed by atoms with E-state index in [0.29, 0.717) is 0 Å². The van der Waals surface area contributed by atoms with Gasteiger partial charge in [-0.15, -0.1) is 0 Å². The molecule has 7 heteroatoms. The number of hydrogen-bond donors (Lipinski definition) is 2. The van der Waals surface area contributed by atoms with Crippen LogP contribution in [0.15, 0.2) is 47.3 Å². The van der Waals surface area contributed by atoms with E-state index in [1.807, 2.05) is 0 Å². The number of rotatable bonds is 3. The predicted octanol–water partition coefficient (Wildman–Crippen LogP) is 1.54. The lowest BCUT2D eigenvalue weighted by atomic mass is 10.2. The Balaban J connectivity index is 2.22. The highest BCUT2D eigenvalue weighted by molar-refractivity contribution is 6.02. The van der Waals surface area contributed by atoms with Crippen molar-refractivity contribution in [2.75, 3.05) is 5.32 Å². The Morgan fingerprint density at radius 1 is 1.21 bits per heavy atom. The van der Waals surface area contributed by atoms with Crippen molar-refractivity contribution in [3.8, 4) is 0 Å². The van der Waals surface area contributed by atoms with E-state index in [-0.39, 0.29) is 17.1 Å². The Morgan fingerprint density at radius 3 is 2.63 bits per heavy atom. The van der Waals surface area contributed by atoms with Crippen LogP contribution in [0.4, 0.5) is 11.4 Å². The summed E-state index contributed by atoms with van der Waals surface area (Å²) < 4.78 is 0. The van der Waals surface area contributed by atoms with Gasteiger partial charge in [0.15, 0.2) is 0 Å². The van der Waals surface area contributed by atoms with Crippen molar-refractivity contribution >= 4 is 17.3 Å². The molecule has 2 rings (SSSR count). The number of nitrogens with zero attached hydrogens (tertiary/aromatic N) is 1. The minimum atomic E-state index is -0.556. The molecule has 0 atom stereocenters. The number of carbonyl (C=O) groups is 1. The number of benzene rings is 1. The highest BCUT2D eigenvalue weighted by Gasteiger charge is 2.10. The minimum absolute atomic E-state index is 0.0824. The maximum Gasteiger partial charge on any atom is 0.272 e. The van der Waals surface area contributed by atoms with Gasteiger partial charge in [0, 0.05) is 23.9 Å². The van der Waals surface area contributed by atoms with Crippen LogP contribution in [0.1, 0.15) is 10.5 Å². The summed E-state index contributed by atoms with van der Waals surface area (Å²) in [6.07, 6.45) is 0. The average molecular weight is 259 g/mol. The molecule has 0 saturated heterocycles. The summed E-state index contributed by atoms with van der Waals surface area (Å²) in [5, 5.41) is 13.1. The first-order chi connectivity index (χ1) is 9.06. The number of nitro groups is 1. The maximum absolute atomic E-state index is 11.8. The first-order valence-corrected chi connectivity index (χ1v) is 5.31. The summed E-state index contributed by atoms with van der Waals surface area (Å²) in [6, 6.07) is 9.70. The summed E-state index contributed by atoms with van der Waals surface area (Å²) >= 11 is 0. The molecule has 0 bridgehead atoms. The molecule has 0 radical (unpaired) electrons. The van der Waals surface area contributed by atoms with Crippen LogP contribution in [0, 0.1) is 10.1 Å². The molecule has 1 aromatic carbocycles. The molecule has 0 unspecified atom stereocenters. The third-order valence-corrected chi connectivity index (χ3v) is 2.33. The number of aromatic nitrogens is 1. The second kappa shape index (κ2) is 5.13. The van der Waals surface area contributed by atoms with Crippen molar-refractivity contribution in [3.63, 3.8) is 0 Å². The number of nitrogens with one attached hydrogen (secondary N) is 2. The van der Waals surface area contributed by atoms with Crippen LogP contribution >= 0.6 is 0 Å². The number of pyridine rings is 1. The summed E-state index contributed by atoms with van der Waals surface area (Å²) in [5.41, 5.74) is -0.158. The molecule has 0 aliphatic carbocycles. The minimum Gasteiger partial charge on any atom is -0.320 e. The Kier molecular flexibility index (Phi) is 3.37. The maximum atomic E-state index is 11.8. The topological polar surface area (TPSA) is 105 Å². The van der Waals surface area contributed by atoms with Crippen molar-refractivity contribution in [2.24, 2.45) is 0 Å². The van der Waals surface area contributed by atoms with Crippen molar-refractivity contribution in [1.82, 2.24) is 4.98 Å². The number of aromatic amines is 1. The van der Waals surface area contributed by atoms with E-state index in [2.05, 4.69) is 10.3 Å². The molecule has 0 fully saturated rings. The van der Waals surface area contributed by atoms with Gasteiger partial charge in [-0.3, -0.25) is 19.7 Å². The highest BCUT2D eigenvalue weighted by Crippen LogP contribution is 2.17. The standard InChI is InChI=1S/C12H9N3O4/c16-11-6-2-5-10(14-11)12(17)13-8-3-1-4-9(7-8)15(18)19/h1-7H,(H,13,17)(H,14,16). The number of H-pyrrole nitrogens is 1. The Morgan fingerprint density at radius 2 is 1.95 bits per heavy atom. The van der Waals surface area contributed by atoms with E-state index in [1.165, 1.54) is 42.5 Å². The van der Waals surface area contributed by atoms with Crippen molar-refractivity contribution < 1.29 is 9.72 Å². The molecule has 1 heterocycles. The fourth-order valence-corrected chi connectivity index (χ4v) is 1.48. The summed E-state index contributed by atoms with van der Waals surface area (Å²) in [4.78, 5) is 35.3. The molecule has 0 aliphatic heterocycles. The first-order valence-electron chi connectivity index (χ1n) is 5.31. The average Bonchev–Trinajstić information content (AvgIpc) is 2.39. The summed E-state index contributed by atoms with van der Waals surface area (Å²) in [5.74, 6) is -0.543. The molecular weight excluding hydrogens is 250 g/mol. The Hall–Kier alpha value is -2.96. The molecule has 1 aromatic heterocycles. The zero-order chi connectivity index (χ0) is 13.8. The monoisotopic (exact) mass is 259 g/mol. The quantitative estimate of drug-likeness (QED) is 0.644. The zero-order valence-electron chi connectivity index (χ0n) is 9.62. The van der Waals surface area contributed by atoms with Crippen LogP contribution in [0.25, 0.3) is 0 Å². The smallest absolute Gasteiger partial charge is 0.272 e. The van der Waals surface area contributed by atoms with Crippen LogP contribution in [-0.2, 0) is 0 Å². The second-order valence-corrected chi connectivity index (χ2v) is 3.69. The number of anilines is 1. The number of nitro benzene ring substituents is 1. The Labute approximate surface area is 107 Å². The molecule has 7 nitrogen and oxygen atoms in total. The van der Waals surface area contributed by atoms with E-state index in [9.17, 15) is 19.7 Å². The van der Waals surface area contributed by atoms with Gasteiger partial charge in [-0.1, -0.05) is 12.1 Å². The van der Waals surface area contributed by atoms with E-state index in [4.69, 9.17) is 0 Å². The molecule has 0 aliphatic rings. The lowest BCUT2D eigenvalue weighted by molar-refractivity contribution is -0.384. The largest absolute Gasteiger partial charge is 0.320 e. The fraction of sp³-hybridized carbons (Fsp3) is 0. The van der Waals surface area contributed by atoms with Gasteiger partial charge in [0.05, 0.1) is 4.92 Å². The Bertz CT molecular complexity index is 693. The zero-order valence-corrected chi connectivity index (χ0v) is 9.62. The molecule has 96 valence electrons. The highest BCUT2D eigenvalue weighted by atomic mass is 16.6. The normalized spacial score (nSPS) is 9.89. The van der Waals surface area contributed by atoms with Crippen molar-refractivity contribution in [2.45, 2.75) is 0 Å². The lowest BCUT2D eigenvalue weighted by Gasteiger charge is -2.04. The van der Waals surface area contributed by atoms with Gasteiger partial charge in [-0.05, 0) is 12.1 Å². The molecule has 0 spiro atoms. The number of carbonyl (C=O) groups excluding carboxylic acids is 1. The molecule has 1 amide bonds. The van der Waals surface area contributed by atoms with Crippen LogP contribution in [0.3, 0.4) is 0 Å². The lowest BCUT2D eigenvalue weighted by Crippen LogP contribution is -2.17. The molecular formula is C12H9N3O4. The fourth-order valence-electron chi connectivity index (χ4n) is 1.48. The van der Waals surface area contributed by atoms with E-state index < -0.39 is 16.4 Å². The van der Waals surface area contributed by atoms with Gasteiger partial charge in [-0.25, -0.2) is 0 Å². The predicted molar refractivity (Wildman–Crippen MR) is 68.1 cm³/mol. The molecule has 0 saturated carbocycles. The van der Waals surface area contributed by atoms with Gasteiger partial charge in [-0.2, -0.15) is 0 Å². The number of hydrogen-bond acceptors (Lipinski definition) is 4. The number of amides is 1. The van der Waals surface area contributed by atoms with Gasteiger partial charge in [0.2, 0.25) is 5.56 Å². The van der Waals surface area contributed by atoms with Gasteiger partial charge < -0.3 is 10.3 Å². The summed E-state index contributed by atoms with van der Waals surface area (Å²) in [6.45, 7) is 0. The van der Waals surface area contributed by atoms with E-state index in [0.717, 1.165) is 0 Å². The first kappa shape index (κ1) is 12.5. The van der Waals surface area contributed by atoms with Gasteiger partial charge in [0.25, 0.3) is 11.6 Å². The van der Waals surface area contributed by atoms with Crippen LogP contribution in [0.2, 0.25) is 0 Å². The van der Waals surface area contributed by atoms with Crippen LogP contribution in [-0.4, -0.2) is 15.8 Å². The van der Waals surface area contributed by atoms with E-state index in [1.54, 1.807) is 0 Å². The second-order valence-electron chi connectivity index (χ2n) is 3.69. The molecule has 2 N–H and O–H groups in total. The van der Waals surface area contributed by atoms with Crippen LogP contribution in [0.5, 0.6) is 0 Å². The van der Waals surface area contributed by atoms with Gasteiger partial charge in [0.1, 0.15) is 5.69 Å². The summed E-state index contributed by atoms with van der Waals surface area (Å²) in [7, 11) is 0. The van der Waals surface area contributed by atoms with Crippen LogP contribution < -0.4 is 10.9 Å². The molecule has 2 aromatic rings. The SMILES string of the molecule is O=C(Nc1cccc([N+](=O)[O-])c1)c1cccc(=O)[nH]1. The van der Waals surface area contributed by atoms with Crippen molar-refractivity contribution in [3.05, 3.63) is 68.6 Å². The number of non-ortho nitro benzene ring substituents is 1. The third-order valence-electron chi connectivity index (χ3n) is 2.33. The molecule has 19 heavy (non-hydrogen) atoms. The van der Waals surface area contributed by atoms with E-state index >= 15 is 0 Å². The third kappa shape index (κ3) is 3.03. The van der Waals surface area contributed by atoms with Crippen molar-refractivity contribution in [1.29, 1.82) is 0 Å². The van der Waals surface area contributed by atoms with Gasteiger partial charge >= 0.3 is 0 Å².